The molecular formula is C11H16N2O4. The largest absolute Gasteiger partial charge is 0.504 e. The van der Waals surface area contributed by atoms with E-state index in [0.717, 1.165) is 0 Å². The fraction of sp³-hybridized carbons (Fsp3) is 0.273. The second kappa shape index (κ2) is 5.05. The molecule has 0 fully saturated rings. The molecule has 0 aromatic heterocycles. The van der Waals surface area contributed by atoms with Crippen molar-refractivity contribution in [3.8, 4) is 17.2 Å². The normalized spacial score (nSPS) is 11.1. The smallest absolute Gasteiger partial charge is 0.209 e. The molecule has 0 bridgehead atoms. The molecular weight excluding hydrogens is 224 g/mol. The van der Waals surface area contributed by atoms with Crippen LogP contribution in [0, 0.1) is 0 Å². The lowest BCUT2D eigenvalue weighted by Crippen LogP contribution is -2.51. The highest BCUT2D eigenvalue weighted by atomic mass is 16.5. The first-order valence-corrected chi connectivity index (χ1v) is 4.85. The highest BCUT2D eigenvalue weighted by Crippen LogP contribution is 2.38. The van der Waals surface area contributed by atoms with Crippen molar-refractivity contribution >= 4 is 0 Å². The number of rotatable bonds is 5. The van der Waals surface area contributed by atoms with Gasteiger partial charge in [0.1, 0.15) is 0 Å². The number of phenolic OH excluding ortho intramolecular Hbond substituents is 1. The van der Waals surface area contributed by atoms with Gasteiger partial charge in [-0.15, -0.1) is 0 Å². The number of aromatic hydroxyl groups is 1. The summed E-state index contributed by atoms with van der Waals surface area (Å²) in [6.45, 7) is 3.39. The van der Waals surface area contributed by atoms with E-state index >= 15 is 0 Å². The molecule has 94 valence electrons. The van der Waals surface area contributed by atoms with Gasteiger partial charge in [0.15, 0.2) is 17.3 Å². The highest BCUT2D eigenvalue weighted by molar-refractivity contribution is 5.53. The summed E-state index contributed by atoms with van der Waals surface area (Å²) in [5.41, 5.74) is 11.1. The molecule has 6 N–H and O–H groups in total. The van der Waals surface area contributed by atoms with Gasteiger partial charge in [-0.05, 0) is 17.7 Å². The molecule has 0 unspecified atom stereocenters. The standard InChI is InChI=1S/C11H16N2O4/c1-3-17-10-8(14)4-7(5-9(10)16-2)6-11(12,13)15/h3-5,14-15H,1,6,12-13H2,2H3. The zero-order valence-electron chi connectivity index (χ0n) is 9.51. The van der Waals surface area contributed by atoms with Gasteiger partial charge in [-0.2, -0.15) is 0 Å². The van der Waals surface area contributed by atoms with Crippen LogP contribution >= 0.6 is 0 Å². The minimum absolute atomic E-state index is 0.0364. The summed E-state index contributed by atoms with van der Waals surface area (Å²) in [6, 6.07) is 2.94. The maximum Gasteiger partial charge on any atom is 0.209 e. The lowest BCUT2D eigenvalue weighted by molar-refractivity contribution is 0.0543. The van der Waals surface area contributed by atoms with Gasteiger partial charge in [0.2, 0.25) is 5.75 Å². The fourth-order valence-corrected chi connectivity index (χ4v) is 1.43. The van der Waals surface area contributed by atoms with E-state index in [2.05, 4.69) is 6.58 Å². The van der Waals surface area contributed by atoms with E-state index in [0.29, 0.717) is 11.3 Å². The molecule has 0 radical (unpaired) electrons. The number of benzene rings is 1. The molecule has 0 heterocycles. The molecule has 6 heteroatoms. The Morgan fingerprint density at radius 2 is 2.12 bits per heavy atom. The number of aliphatic hydroxyl groups is 1. The summed E-state index contributed by atoms with van der Waals surface area (Å²) in [4.78, 5) is 0. The third kappa shape index (κ3) is 3.63. The Hall–Kier alpha value is -1.76. The number of phenols is 1. The molecule has 0 saturated carbocycles. The maximum atomic E-state index is 9.72. The lowest BCUT2D eigenvalue weighted by atomic mass is 10.1. The van der Waals surface area contributed by atoms with Crippen LogP contribution in [0.3, 0.4) is 0 Å². The Bertz CT molecular complexity index is 413. The number of hydrogen-bond donors (Lipinski definition) is 4. The highest BCUT2D eigenvalue weighted by Gasteiger charge is 2.18. The second-order valence-corrected chi connectivity index (χ2v) is 3.60. The molecule has 1 aromatic rings. The van der Waals surface area contributed by atoms with Crippen LogP contribution in [0.15, 0.2) is 25.0 Å². The molecule has 0 saturated heterocycles. The monoisotopic (exact) mass is 240 g/mol. The van der Waals surface area contributed by atoms with Crippen LogP contribution in [0.1, 0.15) is 5.56 Å². The minimum atomic E-state index is -1.85. The van der Waals surface area contributed by atoms with Crippen molar-refractivity contribution in [2.75, 3.05) is 7.11 Å². The van der Waals surface area contributed by atoms with Crippen LogP contribution in [0.25, 0.3) is 0 Å². The predicted molar refractivity (Wildman–Crippen MR) is 62.5 cm³/mol. The number of ether oxygens (including phenoxy) is 2. The quantitative estimate of drug-likeness (QED) is 0.427. The zero-order valence-corrected chi connectivity index (χ0v) is 9.51. The van der Waals surface area contributed by atoms with Crippen molar-refractivity contribution in [3.63, 3.8) is 0 Å². The Morgan fingerprint density at radius 1 is 1.47 bits per heavy atom. The number of nitrogens with two attached hydrogens (primary N) is 2. The maximum absolute atomic E-state index is 9.72. The van der Waals surface area contributed by atoms with E-state index in [1.807, 2.05) is 0 Å². The van der Waals surface area contributed by atoms with Gasteiger partial charge >= 0.3 is 0 Å². The molecule has 0 aliphatic rings. The average Bonchev–Trinajstić information content (AvgIpc) is 2.19. The predicted octanol–water partition coefficient (Wildman–Crippen LogP) is 0.0291. The van der Waals surface area contributed by atoms with Crippen LogP contribution in [-0.2, 0) is 6.42 Å². The molecule has 0 aliphatic heterocycles. The molecule has 1 rings (SSSR count). The van der Waals surface area contributed by atoms with Gasteiger partial charge in [0.25, 0.3) is 0 Å². The first-order chi connectivity index (χ1) is 7.87. The van der Waals surface area contributed by atoms with Gasteiger partial charge in [-0.3, -0.25) is 11.5 Å². The molecule has 0 atom stereocenters. The van der Waals surface area contributed by atoms with Crippen molar-refractivity contribution in [2.24, 2.45) is 11.5 Å². The van der Waals surface area contributed by atoms with Crippen molar-refractivity contribution in [1.82, 2.24) is 0 Å². The van der Waals surface area contributed by atoms with E-state index < -0.39 is 5.85 Å². The van der Waals surface area contributed by atoms with Crippen LogP contribution in [0.4, 0.5) is 0 Å². The summed E-state index contributed by atoms with van der Waals surface area (Å²) in [6.07, 6.45) is 1.13. The number of hydrogen-bond acceptors (Lipinski definition) is 6. The Labute approximate surface area is 99.1 Å². The molecule has 0 aliphatic carbocycles. The van der Waals surface area contributed by atoms with Gasteiger partial charge < -0.3 is 19.7 Å². The molecule has 1 aromatic carbocycles. The van der Waals surface area contributed by atoms with E-state index in [-0.39, 0.29) is 17.9 Å². The molecule has 0 spiro atoms. The number of methoxy groups -OCH3 is 1. The first kappa shape index (κ1) is 13.3. The first-order valence-electron chi connectivity index (χ1n) is 4.85. The van der Waals surface area contributed by atoms with Crippen molar-refractivity contribution in [2.45, 2.75) is 12.3 Å². The van der Waals surface area contributed by atoms with Crippen LogP contribution in [-0.4, -0.2) is 23.2 Å². The summed E-state index contributed by atoms with van der Waals surface area (Å²) in [5.74, 6) is -1.56. The summed E-state index contributed by atoms with van der Waals surface area (Å²) in [7, 11) is 1.42. The third-order valence-corrected chi connectivity index (χ3v) is 2.00. The van der Waals surface area contributed by atoms with E-state index in [9.17, 15) is 10.2 Å². The molecule has 0 amide bonds. The van der Waals surface area contributed by atoms with Crippen LogP contribution in [0.5, 0.6) is 17.2 Å². The Balaban J connectivity index is 3.12. The fourth-order valence-electron chi connectivity index (χ4n) is 1.43. The van der Waals surface area contributed by atoms with Crippen LogP contribution < -0.4 is 20.9 Å². The third-order valence-electron chi connectivity index (χ3n) is 2.00. The van der Waals surface area contributed by atoms with Gasteiger partial charge in [-0.25, -0.2) is 0 Å². The SMILES string of the molecule is C=COc1c(O)cc(CC(N)(N)O)cc1OC. The Kier molecular flexibility index (Phi) is 3.95. The Morgan fingerprint density at radius 3 is 2.59 bits per heavy atom. The average molecular weight is 240 g/mol. The second-order valence-electron chi connectivity index (χ2n) is 3.60. The van der Waals surface area contributed by atoms with Gasteiger partial charge in [-0.1, -0.05) is 6.58 Å². The summed E-state index contributed by atoms with van der Waals surface area (Å²) in [5, 5.41) is 19.0. The van der Waals surface area contributed by atoms with E-state index in [1.54, 1.807) is 6.07 Å². The van der Waals surface area contributed by atoms with E-state index in [4.69, 9.17) is 20.9 Å². The molecule has 6 nitrogen and oxygen atoms in total. The minimum Gasteiger partial charge on any atom is -0.504 e. The summed E-state index contributed by atoms with van der Waals surface area (Å²) < 4.78 is 10.0. The zero-order chi connectivity index (χ0) is 13.1. The van der Waals surface area contributed by atoms with Crippen LogP contribution in [0.2, 0.25) is 0 Å². The molecule has 17 heavy (non-hydrogen) atoms. The van der Waals surface area contributed by atoms with E-state index in [1.165, 1.54) is 19.4 Å². The topological polar surface area (TPSA) is 111 Å². The van der Waals surface area contributed by atoms with Gasteiger partial charge in [0.05, 0.1) is 13.4 Å². The van der Waals surface area contributed by atoms with Gasteiger partial charge in [0, 0.05) is 6.42 Å². The van der Waals surface area contributed by atoms with Crippen molar-refractivity contribution in [3.05, 3.63) is 30.5 Å². The lowest BCUT2D eigenvalue weighted by Gasteiger charge is -2.18. The summed E-state index contributed by atoms with van der Waals surface area (Å²) >= 11 is 0. The van der Waals surface area contributed by atoms with Crippen molar-refractivity contribution in [1.29, 1.82) is 0 Å². The van der Waals surface area contributed by atoms with Crippen molar-refractivity contribution < 1.29 is 19.7 Å².